The molecule has 0 radical (unpaired) electrons. The van der Waals surface area contributed by atoms with Gasteiger partial charge in [-0.25, -0.2) is 4.79 Å². The minimum absolute atomic E-state index is 0.0412. The van der Waals surface area contributed by atoms with Gasteiger partial charge in [0.25, 0.3) is 5.91 Å². The smallest absolute Gasteiger partial charge is 0.341 e. The molecule has 2 aliphatic rings. The second kappa shape index (κ2) is 3.92. The Labute approximate surface area is 108 Å². The van der Waals surface area contributed by atoms with Gasteiger partial charge in [0.1, 0.15) is 11.3 Å². The molecule has 3 rings (SSSR count). The van der Waals surface area contributed by atoms with Crippen molar-refractivity contribution in [3.63, 3.8) is 0 Å². The number of aromatic carboxylic acids is 1. The van der Waals surface area contributed by atoms with Crippen molar-refractivity contribution in [3.05, 3.63) is 33.7 Å². The standard InChI is InChI=1S/C12H12N2O5/c1-6-5-19-10-4-13-3-7(12(17)18)9(15)2-8(13)11(16)14(6)10/h2-3,6,10H,4-5H2,1H3,(H,17,18). The summed E-state index contributed by atoms with van der Waals surface area (Å²) in [5.41, 5.74) is -0.780. The molecule has 1 N–H and O–H groups in total. The van der Waals surface area contributed by atoms with Crippen LogP contribution in [0.5, 0.6) is 0 Å². The molecule has 3 heterocycles. The zero-order valence-corrected chi connectivity index (χ0v) is 10.2. The van der Waals surface area contributed by atoms with Gasteiger partial charge in [-0.2, -0.15) is 0 Å². The van der Waals surface area contributed by atoms with E-state index < -0.39 is 11.4 Å². The molecule has 2 aliphatic heterocycles. The van der Waals surface area contributed by atoms with E-state index in [-0.39, 0.29) is 29.4 Å². The van der Waals surface area contributed by atoms with Gasteiger partial charge in [0.2, 0.25) is 0 Å². The van der Waals surface area contributed by atoms with Crippen LogP contribution in [0, 0.1) is 0 Å². The van der Waals surface area contributed by atoms with Crippen LogP contribution in [0.25, 0.3) is 0 Å². The summed E-state index contributed by atoms with van der Waals surface area (Å²) in [6.45, 7) is 2.66. The Morgan fingerprint density at radius 3 is 2.89 bits per heavy atom. The fourth-order valence-corrected chi connectivity index (χ4v) is 2.54. The first-order valence-electron chi connectivity index (χ1n) is 5.91. The summed E-state index contributed by atoms with van der Waals surface area (Å²) < 4.78 is 6.96. The maximum absolute atomic E-state index is 12.3. The largest absolute Gasteiger partial charge is 0.477 e. The molecule has 0 aliphatic carbocycles. The number of fused-ring (bicyclic) bond motifs is 2. The van der Waals surface area contributed by atoms with Gasteiger partial charge in [-0.15, -0.1) is 0 Å². The number of hydrogen-bond acceptors (Lipinski definition) is 4. The number of aromatic nitrogens is 1. The van der Waals surface area contributed by atoms with Crippen molar-refractivity contribution in [2.75, 3.05) is 6.61 Å². The molecule has 2 unspecified atom stereocenters. The Morgan fingerprint density at radius 1 is 1.47 bits per heavy atom. The number of pyridine rings is 1. The molecule has 0 aromatic carbocycles. The molecule has 1 aromatic heterocycles. The van der Waals surface area contributed by atoms with Crippen LogP contribution in [-0.4, -0.2) is 45.3 Å². The Balaban J connectivity index is 2.13. The SMILES string of the molecule is CC1COC2Cn3cc(C(=O)O)c(=O)cc3C(=O)N12. The molecule has 1 aromatic rings. The fraction of sp³-hybridized carbons (Fsp3) is 0.417. The summed E-state index contributed by atoms with van der Waals surface area (Å²) in [6.07, 6.45) is 0.820. The monoisotopic (exact) mass is 264 g/mol. The summed E-state index contributed by atoms with van der Waals surface area (Å²) in [7, 11) is 0. The van der Waals surface area contributed by atoms with E-state index in [1.54, 1.807) is 4.90 Å². The second-order valence-corrected chi connectivity index (χ2v) is 4.74. The molecule has 1 amide bonds. The van der Waals surface area contributed by atoms with Crippen LogP contribution >= 0.6 is 0 Å². The number of rotatable bonds is 1. The third kappa shape index (κ3) is 1.66. The predicted octanol–water partition coefficient (Wildman–Crippen LogP) is -0.253. The van der Waals surface area contributed by atoms with Crippen LogP contribution in [0.15, 0.2) is 17.1 Å². The van der Waals surface area contributed by atoms with E-state index in [0.29, 0.717) is 13.2 Å². The van der Waals surface area contributed by atoms with Crippen LogP contribution < -0.4 is 5.43 Å². The average molecular weight is 264 g/mol. The number of ether oxygens (including phenoxy) is 1. The molecule has 100 valence electrons. The van der Waals surface area contributed by atoms with Gasteiger partial charge in [-0.1, -0.05) is 0 Å². The molecular formula is C12H12N2O5. The minimum Gasteiger partial charge on any atom is -0.477 e. The molecule has 7 heteroatoms. The molecule has 1 fully saturated rings. The average Bonchev–Trinajstić information content (AvgIpc) is 2.71. The quantitative estimate of drug-likeness (QED) is 0.755. The number of carbonyl (C=O) groups excluding carboxylic acids is 1. The molecule has 2 atom stereocenters. The molecule has 1 saturated heterocycles. The fourth-order valence-electron chi connectivity index (χ4n) is 2.54. The van der Waals surface area contributed by atoms with E-state index in [2.05, 4.69) is 0 Å². The van der Waals surface area contributed by atoms with Crippen molar-refractivity contribution in [2.24, 2.45) is 0 Å². The third-order valence-electron chi connectivity index (χ3n) is 3.48. The van der Waals surface area contributed by atoms with Gasteiger partial charge in [-0.3, -0.25) is 9.59 Å². The number of nitrogens with zero attached hydrogens (tertiary/aromatic N) is 2. The normalized spacial score (nSPS) is 25.1. The Hall–Kier alpha value is -2.15. The van der Waals surface area contributed by atoms with Gasteiger partial charge >= 0.3 is 5.97 Å². The predicted molar refractivity (Wildman–Crippen MR) is 63.0 cm³/mol. The van der Waals surface area contributed by atoms with Crippen molar-refractivity contribution in [1.29, 1.82) is 0 Å². The van der Waals surface area contributed by atoms with Crippen LogP contribution in [-0.2, 0) is 11.3 Å². The van der Waals surface area contributed by atoms with Gasteiger partial charge in [-0.05, 0) is 6.92 Å². The topological polar surface area (TPSA) is 88.8 Å². The Kier molecular flexibility index (Phi) is 2.46. The molecule has 7 nitrogen and oxygen atoms in total. The summed E-state index contributed by atoms with van der Waals surface area (Å²) in [5.74, 6) is -1.59. The van der Waals surface area contributed by atoms with E-state index in [4.69, 9.17) is 9.84 Å². The van der Waals surface area contributed by atoms with Crippen molar-refractivity contribution in [2.45, 2.75) is 25.7 Å². The number of amides is 1. The van der Waals surface area contributed by atoms with E-state index in [0.717, 1.165) is 6.07 Å². The van der Waals surface area contributed by atoms with Crippen molar-refractivity contribution in [3.8, 4) is 0 Å². The van der Waals surface area contributed by atoms with Crippen molar-refractivity contribution >= 4 is 11.9 Å². The van der Waals surface area contributed by atoms with Gasteiger partial charge in [0.05, 0.1) is 19.2 Å². The highest BCUT2D eigenvalue weighted by molar-refractivity contribution is 5.95. The Morgan fingerprint density at radius 2 is 2.21 bits per heavy atom. The molecule has 0 bridgehead atoms. The first-order chi connectivity index (χ1) is 8.99. The maximum atomic E-state index is 12.3. The lowest BCUT2D eigenvalue weighted by Crippen LogP contribution is -2.48. The summed E-state index contributed by atoms with van der Waals surface area (Å²) in [6, 6.07) is 1.05. The molecule has 0 saturated carbocycles. The zero-order chi connectivity index (χ0) is 13.7. The first kappa shape index (κ1) is 11.9. The van der Waals surface area contributed by atoms with Crippen molar-refractivity contribution in [1.82, 2.24) is 9.47 Å². The number of carboxylic acids is 1. The highest BCUT2D eigenvalue weighted by Crippen LogP contribution is 2.25. The van der Waals surface area contributed by atoms with Crippen LogP contribution in [0.1, 0.15) is 27.8 Å². The van der Waals surface area contributed by atoms with Crippen LogP contribution in [0.4, 0.5) is 0 Å². The summed E-state index contributed by atoms with van der Waals surface area (Å²) >= 11 is 0. The number of hydrogen-bond donors (Lipinski definition) is 1. The highest BCUT2D eigenvalue weighted by atomic mass is 16.5. The first-order valence-corrected chi connectivity index (χ1v) is 5.91. The van der Waals surface area contributed by atoms with E-state index in [1.807, 2.05) is 6.92 Å². The van der Waals surface area contributed by atoms with Gasteiger partial charge < -0.3 is 19.3 Å². The number of carbonyl (C=O) groups is 2. The lowest BCUT2D eigenvalue weighted by Gasteiger charge is -2.33. The highest BCUT2D eigenvalue weighted by Gasteiger charge is 2.40. The minimum atomic E-state index is -1.30. The lowest BCUT2D eigenvalue weighted by molar-refractivity contribution is 0.00666. The van der Waals surface area contributed by atoms with Crippen molar-refractivity contribution < 1.29 is 19.4 Å². The lowest BCUT2D eigenvalue weighted by atomic mass is 10.1. The zero-order valence-electron chi connectivity index (χ0n) is 10.2. The molecule has 0 spiro atoms. The number of carboxylic acid groups (broad SMARTS) is 1. The van der Waals surface area contributed by atoms with E-state index in [1.165, 1.54) is 10.8 Å². The second-order valence-electron chi connectivity index (χ2n) is 4.74. The van der Waals surface area contributed by atoms with Gasteiger partial charge in [0.15, 0.2) is 11.7 Å². The summed E-state index contributed by atoms with van der Waals surface area (Å²) in [4.78, 5) is 36.5. The van der Waals surface area contributed by atoms with Crippen LogP contribution in [0.2, 0.25) is 0 Å². The van der Waals surface area contributed by atoms with E-state index >= 15 is 0 Å². The molecule has 19 heavy (non-hydrogen) atoms. The third-order valence-corrected chi connectivity index (χ3v) is 3.48. The maximum Gasteiger partial charge on any atom is 0.341 e. The Bertz CT molecular complexity index is 635. The van der Waals surface area contributed by atoms with Crippen LogP contribution in [0.3, 0.4) is 0 Å². The van der Waals surface area contributed by atoms with E-state index in [9.17, 15) is 14.4 Å². The van der Waals surface area contributed by atoms with Gasteiger partial charge in [0, 0.05) is 12.3 Å². The summed E-state index contributed by atoms with van der Waals surface area (Å²) in [5, 5.41) is 8.92. The molecular weight excluding hydrogens is 252 g/mol.